The number of halogens is 2. The summed E-state index contributed by atoms with van der Waals surface area (Å²) in [4.78, 5) is 2.69. The third-order valence-corrected chi connectivity index (χ3v) is 9.28. The molecule has 0 N–H and O–H groups in total. The van der Waals surface area contributed by atoms with E-state index in [1.165, 1.54) is 141 Å². The third-order valence-electron chi connectivity index (χ3n) is 8.46. The Bertz CT molecular complexity index is 672. The van der Waals surface area contributed by atoms with E-state index in [1.807, 2.05) is 12.1 Å². The van der Waals surface area contributed by atoms with E-state index >= 15 is 0 Å². The molecule has 38 heavy (non-hydrogen) atoms. The molecule has 1 aromatic rings. The molecule has 222 valence electrons. The Labute approximate surface area is 248 Å². The highest BCUT2D eigenvalue weighted by Crippen LogP contribution is 2.37. The van der Waals surface area contributed by atoms with Crippen molar-refractivity contribution in [3.05, 3.63) is 33.8 Å². The van der Waals surface area contributed by atoms with Gasteiger partial charge in [-0.15, -0.1) is 0 Å². The van der Waals surface area contributed by atoms with E-state index in [-0.39, 0.29) is 5.54 Å². The van der Waals surface area contributed by atoms with Gasteiger partial charge in [-0.25, -0.2) is 0 Å². The first kappa shape index (κ1) is 35.8. The van der Waals surface area contributed by atoms with Gasteiger partial charge >= 0.3 is 0 Å². The fraction of sp³-hybridized carbons (Fsp3) is 0.829. The number of hydrogen-bond acceptors (Lipinski definition) is 1. The highest BCUT2D eigenvalue weighted by Gasteiger charge is 2.30. The fourth-order valence-electron chi connectivity index (χ4n) is 5.75. The highest BCUT2D eigenvalue weighted by molar-refractivity contribution is 6.42. The number of hydrogen-bond donors (Lipinski definition) is 0. The Morgan fingerprint density at radius 2 is 0.868 bits per heavy atom. The van der Waals surface area contributed by atoms with Gasteiger partial charge < -0.3 is 0 Å². The van der Waals surface area contributed by atoms with Crippen LogP contribution in [-0.4, -0.2) is 18.0 Å². The summed E-state index contributed by atoms with van der Waals surface area (Å²) in [6.07, 6.45) is 30.5. The smallest absolute Gasteiger partial charge is 0.0642 e. The SMILES string of the molecule is CCCCCCCCCCCCCCN(CCCCCCCCCCCC)C(C)(C)c1cccc(Cl)c1Cl. The average Bonchev–Trinajstić information content (AvgIpc) is 2.90. The first-order valence-corrected chi connectivity index (χ1v) is 17.4. The van der Waals surface area contributed by atoms with Crippen molar-refractivity contribution in [2.75, 3.05) is 13.1 Å². The van der Waals surface area contributed by atoms with Crippen molar-refractivity contribution in [1.82, 2.24) is 4.90 Å². The van der Waals surface area contributed by atoms with Crippen molar-refractivity contribution in [3.8, 4) is 0 Å². The molecule has 0 fully saturated rings. The predicted octanol–water partition coefficient (Wildman–Crippen LogP) is 13.2. The van der Waals surface area contributed by atoms with Gasteiger partial charge in [0.05, 0.1) is 10.0 Å². The summed E-state index contributed by atoms with van der Waals surface area (Å²) in [6.45, 7) is 11.5. The molecule has 0 unspecified atom stereocenters. The summed E-state index contributed by atoms with van der Waals surface area (Å²) in [5.74, 6) is 0. The van der Waals surface area contributed by atoms with Gasteiger partial charge in [0, 0.05) is 5.54 Å². The Hall–Kier alpha value is -0.240. The van der Waals surface area contributed by atoms with Gasteiger partial charge in [-0.1, -0.05) is 178 Å². The molecule has 0 bridgehead atoms. The van der Waals surface area contributed by atoms with Crippen molar-refractivity contribution in [1.29, 1.82) is 0 Å². The normalized spacial score (nSPS) is 12.1. The minimum absolute atomic E-state index is 0.112. The van der Waals surface area contributed by atoms with Gasteiger partial charge in [-0.3, -0.25) is 4.90 Å². The zero-order valence-corrected chi connectivity index (χ0v) is 27.4. The van der Waals surface area contributed by atoms with Gasteiger partial charge in [0.1, 0.15) is 0 Å². The lowest BCUT2D eigenvalue weighted by atomic mass is 9.91. The molecule has 0 aromatic heterocycles. The molecule has 0 aliphatic rings. The minimum Gasteiger partial charge on any atom is -0.294 e. The van der Waals surface area contributed by atoms with Crippen LogP contribution in [0, 0.1) is 0 Å². The van der Waals surface area contributed by atoms with E-state index in [1.54, 1.807) is 0 Å². The van der Waals surface area contributed by atoms with Gasteiger partial charge in [-0.2, -0.15) is 0 Å². The topological polar surface area (TPSA) is 3.24 Å². The Morgan fingerprint density at radius 1 is 0.526 bits per heavy atom. The van der Waals surface area contributed by atoms with Crippen LogP contribution in [-0.2, 0) is 5.54 Å². The first-order chi connectivity index (χ1) is 18.4. The summed E-state index contributed by atoms with van der Waals surface area (Å²) >= 11 is 13.1. The lowest BCUT2D eigenvalue weighted by Crippen LogP contribution is -2.43. The monoisotopic (exact) mass is 567 g/mol. The maximum absolute atomic E-state index is 6.71. The standard InChI is InChI=1S/C35H63Cl2N/c1-5-7-9-11-13-15-17-18-20-22-24-26-31-38(30-25-23-21-19-16-14-12-10-8-6-2)35(3,4)32-28-27-29-33(36)34(32)37/h27-29H,5-26,30-31H2,1-4H3. The van der Waals surface area contributed by atoms with Crippen molar-refractivity contribution in [2.24, 2.45) is 0 Å². The lowest BCUT2D eigenvalue weighted by Gasteiger charge is -2.40. The quantitative estimate of drug-likeness (QED) is 0.100. The number of unbranched alkanes of at least 4 members (excludes halogenated alkanes) is 20. The number of rotatable bonds is 26. The lowest BCUT2D eigenvalue weighted by molar-refractivity contribution is 0.113. The highest BCUT2D eigenvalue weighted by atomic mass is 35.5. The maximum Gasteiger partial charge on any atom is 0.0642 e. The molecule has 1 nitrogen and oxygen atoms in total. The van der Waals surface area contributed by atoms with Crippen LogP contribution in [0.3, 0.4) is 0 Å². The molecule has 0 amide bonds. The summed E-state index contributed by atoms with van der Waals surface area (Å²) in [5, 5.41) is 1.39. The van der Waals surface area contributed by atoms with Crippen LogP contribution in [0.2, 0.25) is 10.0 Å². The summed E-state index contributed by atoms with van der Waals surface area (Å²) in [7, 11) is 0. The van der Waals surface area contributed by atoms with Crippen molar-refractivity contribution in [2.45, 2.75) is 174 Å². The summed E-state index contributed by atoms with van der Waals surface area (Å²) in [6, 6.07) is 6.12. The molecule has 0 radical (unpaired) electrons. The van der Waals surface area contributed by atoms with Crippen LogP contribution in [0.4, 0.5) is 0 Å². The average molecular weight is 569 g/mol. The Kier molecular flexibility index (Phi) is 22.1. The fourth-order valence-corrected chi connectivity index (χ4v) is 6.28. The zero-order valence-electron chi connectivity index (χ0n) is 25.9. The van der Waals surface area contributed by atoms with E-state index in [9.17, 15) is 0 Å². The first-order valence-electron chi connectivity index (χ1n) is 16.6. The van der Waals surface area contributed by atoms with E-state index in [0.717, 1.165) is 23.7 Å². The predicted molar refractivity (Wildman–Crippen MR) is 174 cm³/mol. The zero-order chi connectivity index (χ0) is 27.9. The van der Waals surface area contributed by atoms with Gasteiger partial charge in [0.2, 0.25) is 0 Å². The second kappa shape index (κ2) is 23.5. The molecule has 0 saturated carbocycles. The summed E-state index contributed by atoms with van der Waals surface area (Å²) < 4.78 is 0. The molecule has 0 aliphatic heterocycles. The van der Waals surface area contributed by atoms with Crippen LogP contribution in [0.25, 0.3) is 0 Å². The van der Waals surface area contributed by atoms with Gasteiger partial charge in [0.15, 0.2) is 0 Å². The van der Waals surface area contributed by atoms with Crippen LogP contribution in [0.15, 0.2) is 18.2 Å². The van der Waals surface area contributed by atoms with Gasteiger partial charge in [-0.05, 0) is 51.4 Å². The minimum atomic E-state index is -0.112. The second-order valence-corrected chi connectivity index (χ2v) is 13.0. The van der Waals surface area contributed by atoms with E-state index in [4.69, 9.17) is 23.2 Å². The number of nitrogens with zero attached hydrogens (tertiary/aromatic N) is 1. The third kappa shape index (κ3) is 16.1. The molecular weight excluding hydrogens is 505 g/mol. The van der Waals surface area contributed by atoms with Crippen molar-refractivity contribution < 1.29 is 0 Å². The van der Waals surface area contributed by atoms with E-state index in [2.05, 4.69) is 38.7 Å². The van der Waals surface area contributed by atoms with Gasteiger partial charge in [0.25, 0.3) is 0 Å². The molecule has 0 saturated heterocycles. The Balaban J connectivity index is 2.40. The van der Waals surface area contributed by atoms with Crippen molar-refractivity contribution in [3.63, 3.8) is 0 Å². The van der Waals surface area contributed by atoms with E-state index in [0.29, 0.717) is 5.02 Å². The molecule has 1 aromatic carbocycles. The molecule has 1 rings (SSSR count). The molecule has 0 heterocycles. The largest absolute Gasteiger partial charge is 0.294 e. The second-order valence-electron chi connectivity index (χ2n) is 12.2. The van der Waals surface area contributed by atoms with Crippen LogP contribution < -0.4 is 0 Å². The summed E-state index contributed by atoms with van der Waals surface area (Å²) in [5.41, 5.74) is 1.05. The molecule has 0 aliphatic carbocycles. The van der Waals surface area contributed by atoms with Crippen LogP contribution >= 0.6 is 23.2 Å². The van der Waals surface area contributed by atoms with Crippen LogP contribution in [0.1, 0.15) is 175 Å². The Morgan fingerprint density at radius 3 is 1.24 bits per heavy atom. The molecule has 0 spiro atoms. The molecule has 3 heteroatoms. The van der Waals surface area contributed by atoms with Crippen molar-refractivity contribution >= 4 is 23.2 Å². The molecular formula is C35H63Cl2N. The van der Waals surface area contributed by atoms with Crippen LogP contribution in [0.5, 0.6) is 0 Å². The van der Waals surface area contributed by atoms with E-state index < -0.39 is 0 Å². The molecule has 0 atom stereocenters. The maximum atomic E-state index is 6.71. The number of benzene rings is 1.